The van der Waals surface area contributed by atoms with Crippen molar-refractivity contribution in [3.63, 3.8) is 0 Å². The Bertz CT molecular complexity index is 583. The first-order valence-corrected chi connectivity index (χ1v) is 8.21. The number of nitrogens with zero attached hydrogens (tertiary/aromatic N) is 4. The molecule has 23 heavy (non-hydrogen) atoms. The largest absolute Gasteiger partial charge is 0.369 e. The van der Waals surface area contributed by atoms with E-state index in [1.165, 1.54) is 6.20 Å². The fourth-order valence-corrected chi connectivity index (χ4v) is 2.86. The summed E-state index contributed by atoms with van der Waals surface area (Å²) in [5.41, 5.74) is 5.53. The highest BCUT2D eigenvalue weighted by Gasteiger charge is 2.28. The van der Waals surface area contributed by atoms with E-state index in [4.69, 9.17) is 17.3 Å². The Morgan fingerprint density at radius 2 is 1.96 bits per heavy atom. The van der Waals surface area contributed by atoms with Crippen LogP contribution in [0.2, 0.25) is 5.02 Å². The van der Waals surface area contributed by atoms with Gasteiger partial charge >= 0.3 is 0 Å². The van der Waals surface area contributed by atoms with Gasteiger partial charge in [-0.2, -0.15) is 0 Å². The Balaban J connectivity index is 2.16. The number of nitrogens with two attached hydrogens (primary N) is 1. The van der Waals surface area contributed by atoms with Gasteiger partial charge in [0, 0.05) is 32.1 Å². The van der Waals surface area contributed by atoms with Gasteiger partial charge in [0.2, 0.25) is 11.9 Å². The van der Waals surface area contributed by atoms with Crippen LogP contribution in [0.4, 0.5) is 5.95 Å². The van der Waals surface area contributed by atoms with Gasteiger partial charge < -0.3 is 15.5 Å². The Morgan fingerprint density at radius 3 is 2.48 bits per heavy atom. The summed E-state index contributed by atoms with van der Waals surface area (Å²) in [6.07, 6.45) is 2.62. The molecule has 1 aliphatic heterocycles. The number of carbonyl (C=O) groups excluding carboxylic acids is 2. The molecule has 1 saturated heterocycles. The van der Waals surface area contributed by atoms with E-state index in [0.29, 0.717) is 31.9 Å². The molecule has 1 aliphatic rings. The molecule has 7 nitrogen and oxygen atoms in total. The molecule has 0 bridgehead atoms. The van der Waals surface area contributed by atoms with Crippen LogP contribution in [0.5, 0.6) is 0 Å². The van der Waals surface area contributed by atoms with Crippen molar-refractivity contribution in [2.24, 2.45) is 11.7 Å². The van der Waals surface area contributed by atoms with Gasteiger partial charge in [0.15, 0.2) is 5.69 Å². The summed E-state index contributed by atoms with van der Waals surface area (Å²) < 4.78 is 0. The van der Waals surface area contributed by atoms with Crippen molar-refractivity contribution < 1.29 is 9.59 Å². The lowest BCUT2D eigenvalue weighted by molar-refractivity contribution is -0.123. The van der Waals surface area contributed by atoms with E-state index in [0.717, 1.165) is 13.1 Å². The van der Waals surface area contributed by atoms with Crippen molar-refractivity contribution in [1.82, 2.24) is 14.9 Å². The number of piperidine rings is 1. The molecule has 2 heterocycles. The molecule has 1 aromatic heterocycles. The third-order valence-corrected chi connectivity index (χ3v) is 4.44. The van der Waals surface area contributed by atoms with Crippen molar-refractivity contribution in [3.8, 4) is 0 Å². The van der Waals surface area contributed by atoms with E-state index in [1.807, 2.05) is 18.7 Å². The van der Waals surface area contributed by atoms with Crippen LogP contribution in [0.1, 0.15) is 37.2 Å². The Morgan fingerprint density at radius 1 is 1.35 bits per heavy atom. The molecule has 126 valence electrons. The number of rotatable bonds is 5. The fourth-order valence-electron chi connectivity index (χ4n) is 2.68. The lowest BCUT2D eigenvalue weighted by Gasteiger charge is -2.30. The number of hydrogen-bond donors (Lipinski definition) is 1. The monoisotopic (exact) mass is 339 g/mol. The zero-order chi connectivity index (χ0) is 17.0. The SMILES string of the molecule is CCN(CC)c1ncc(Cl)c(C(=O)N2CCC(C(N)=O)CC2)n1. The van der Waals surface area contributed by atoms with Gasteiger partial charge in [0.25, 0.3) is 5.91 Å². The first-order valence-electron chi connectivity index (χ1n) is 7.84. The molecule has 0 atom stereocenters. The van der Waals surface area contributed by atoms with Gasteiger partial charge in [0.1, 0.15) is 0 Å². The summed E-state index contributed by atoms with van der Waals surface area (Å²) in [7, 11) is 0. The second kappa shape index (κ2) is 7.59. The Kier molecular flexibility index (Phi) is 5.76. The molecular weight excluding hydrogens is 318 g/mol. The van der Waals surface area contributed by atoms with Crippen LogP contribution < -0.4 is 10.6 Å². The number of anilines is 1. The molecule has 2 rings (SSSR count). The summed E-state index contributed by atoms with van der Waals surface area (Å²) in [5.74, 6) is -0.198. The van der Waals surface area contributed by atoms with Gasteiger partial charge in [-0.05, 0) is 26.7 Å². The maximum absolute atomic E-state index is 12.7. The van der Waals surface area contributed by atoms with Crippen LogP contribution in [-0.2, 0) is 4.79 Å². The summed E-state index contributed by atoms with van der Waals surface area (Å²) in [5, 5.41) is 0.239. The van der Waals surface area contributed by atoms with E-state index in [1.54, 1.807) is 4.90 Å². The second-order valence-corrected chi connectivity index (χ2v) is 5.91. The normalized spacial score (nSPS) is 15.5. The topological polar surface area (TPSA) is 92.4 Å². The van der Waals surface area contributed by atoms with E-state index in [-0.39, 0.29) is 28.4 Å². The van der Waals surface area contributed by atoms with Gasteiger partial charge in [-0.25, -0.2) is 9.97 Å². The van der Waals surface area contributed by atoms with Crippen LogP contribution in [-0.4, -0.2) is 52.9 Å². The van der Waals surface area contributed by atoms with Crippen molar-refractivity contribution >= 4 is 29.4 Å². The zero-order valence-electron chi connectivity index (χ0n) is 13.5. The second-order valence-electron chi connectivity index (χ2n) is 5.51. The molecule has 1 fully saturated rings. The molecule has 0 spiro atoms. The molecule has 0 aromatic carbocycles. The fraction of sp³-hybridized carbons (Fsp3) is 0.600. The first-order chi connectivity index (χ1) is 11.0. The lowest BCUT2D eigenvalue weighted by Crippen LogP contribution is -2.42. The third kappa shape index (κ3) is 3.90. The third-order valence-electron chi connectivity index (χ3n) is 4.16. The van der Waals surface area contributed by atoms with Crippen molar-refractivity contribution in [2.75, 3.05) is 31.1 Å². The number of halogens is 1. The molecule has 0 radical (unpaired) electrons. The predicted octanol–water partition coefficient (Wildman–Crippen LogP) is 1.31. The van der Waals surface area contributed by atoms with E-state index >= 15 is 0 Å². The number of likely N-dealkylation sites (tertiary alicyclic amines) is 1. The van der Waals surface area contributed by atoms with Crippen molar-refractivity contribution in [2.45, 2.75) is 26.7 Å². The first kappa shape index (κ1) is 17.5. The quantitative estimate of drug-likeness (QED) is 0.873. The summed E-state index contributed by atoms with van der Waals surface area (Å²) >= 11 is 6.12. The minimum absolute atomic E-state index is 0.161. The maximum Gasteiger partial charge on any atom is 0.274 e. The molecule has 1 aromatic rings. The smallest absolute Gasteiger partial charge is 0.274 e. The highest BCUT2D eigenvalue weighted by atomic mass is 35.5. The number of primary amides is 1. The summed E-state index contributed by atoms with van der Waals surface area (Å²) in [4.78, 5) is 36.0. The van der Waals surface area contributed by atoms with Crippen LogP contribution in [0.3, 0.4) is 0 Å². The number of amides is 2. The van der Waals surface area contributed by atoms with Gasteiger partial charge in [-0.15, -0.1) is 0 Å². The molecule has 2 amide bonds. The van der Waals surface area contributed by atoms with Crippen LogP contribution in [0, 0.1) is 5.92 Å². The Hall–Kier alpha value is -1.89. The van der Waals surface area contributed by atoms with E-state index in [2.05, 4.69) is 9.97 Å². The molecule has 0 aliphatic carbocycles. The highest BCUT2D eigenvalue weighted by Crippen LogP contribution is 2.22. The molecule has 0 saturated carbocycles. The molecule has 0 unspecified atom stereocenters. The molecule has 2 N–H and O–H groups in total. The molecule has 8 heteroatoms. The number of hydrogen-bond acceptors (Lipinski definition) is 5. The lowest BCUT2D eigenvalue weighted by atomic mass is 9.96. The minimum Gasteiger partial charge on any atom is -0.369 e. The van der Waals surface area contributed by atoms with E-state index < -0.39 is 0 Å². The summed E-state index contributed by atoms with van der Waals surface area (Å²) in [6, 6.07) is 0. The maximum atomic E-state index is 12.7. The van der Waals surface area contributed by atoms with Crippen LogP contribution >= 0.6 is 11.6 Å². The van der Waals surface area contributed by atoms with Gasteiger partial charge in [0.05, 0.1) is 11.2 Å². The average molecular weight is 340 g/mol. The number of carbonyl (C=O) groups is 2. The standard InChI is InChI=1S/C15H22ClN5O2/c1-3-20(4-2)15-18-9-11(16)12(19-15)14(23)21-7-5-10(6-8-21)13(17)22/h9-10H,3-8H2,1-2H3,(H2,17,22). The Labute approximate surface area is 140 Å². The van der Waals surface area contributed by atoms with Crippen LogP contribution in [0.15, 0.2) is 6.20 Å². The minimum atomic E-state index is -0.305. The van der Waals surface area contributed by atoms with E-state index in [9.17, 15) is 9.59 Å². The zero-order valence-corrected chi connectivity index (χ0v) is 14.2. The predicted molar refractivity (Wildman–Crippen MR) is 88.4 cm³/mol. The number of aromatic nitrogens is 2. The van der Waals surface area contributed by atoms with Crippen molar-refractivity contribution in [3.05, 3.63) is 16.9 Å². The van der Waals surface area contributed by atoms with Gasteiger partial charge in [-0.3, -0.25) is 9.59 Å². The highest BCUT2D eigenvalue weighted by molar-refractivity contribution is 6.33. The average Bonchev–Trinajstić information content (AvgIpc) is 2.56. The van der Waals surface area contributed by atoms with Crippen LogP contribution in [0.25, 0.3) is 0 Å². The van der Waals surface area contributed by atoms with Crippen molar-refractivity contribution in [1.29, 1.82) is 0 Å². The summed E-state index contributed by atoms with van der Waals surface area (Å²) in [6.45, 7) is 6.45. The van der Waals surface area contributed by atoms with Gasteiger partial charge in [-0.1, -0.05) is 11.6 Å². The molecular formula is C15H22ClN5O2.